The van der Waals surface area contributed by atoms with Gasteiger partial charge in [0.2, 0.25) is 0 Å². The molecule has 0 radical (unpaired) electrons. The lowest BCUT2D eigenvalue weighted by Crippen LogP contribution is -2.21. The predicted molar refractivity (Wildman–Crippen MR) is 95.3 cm³/mol. The molecule has 0 saturated heterocycles. The number of benzene rings is 2. The van der Waals surface area contributed by atoms with Crippen molar-refractivity contribution in [3.63, 3.8) is 0 Å². The van der Waals surface area contributed by atoms with Gasteiger partial charge in [-0.3, -0.25) is 9.59 Å². The number of hydrogen-bond donors (Lipinski definition) is 0. The van der Waals surface area contributed by atoms with E-state index in [1.807, 2.05) is 24.3 Å². The van der Waals surface area contributed by atoms with Gasteiger partial charge in [-0.25, -0.2) is 0 Å². The first kappa shape index (κ1) is 17.2. The first-order chi connectivity index (χ1) is 12.2. The molecule has 1 aliphatic carbocycles. The average Bonchev–Trinajstić information content (AvgIpc) is 2.99. The molecule has 2 aromatic rings. The Morgan fingerprint density at radius 2 is 1.68 bits per heavy atom. The van der Waals surface area contributed by atoms with Crippen LogP contribution < -0.4 is 0 Å². The molecule has 1 unspecified atom stereocenters. The first-order valence-corrected chi connectivity index (χ1v) is 8.68. The van der Waals surface area contributed by atoms with Gasteiger partial charge in [0.1, 0.15) is 0 Å². The van der Waals surface area contributed by atoms with Crippen LogP contribution in [0.25, 0.3) is 11.1 Å². The van der Waals surface area contributed by atoms with Crippen molar-refractivity contribution < 1.29 is 19.1 Å². The quantitative estimate of drug-likeness (QED) is 0.641. The fourth-order valence-corrected chi connectivity index (χ4v) is 3.46. The van der Waals surface area contributed by atoms with Crippen molar-refractivity contribution in [1.82, 2.24) is 0 Å². The lowest BCUT2D eigenvalue weighted by molar-refractivity contribution is -0.151. The van der Waals surface area contributed by atoms with Gasteiger partial charge in [-0.1, -0.05) is 42.5 Å². The maximum absolute atomic E-state index is 12.5. The van der Waals surface area contributed by atoms with Crippen LogP contribution in [0.5, 0.6) is 0 Å². The summed E-state index contributed by atoms with van der Waals surface area (Å²) in [5.74, 6) is -1.39. The Kier molecular flexibility index (Phi) is 5.17. The van der Waals surface area contributed by atoms with E-state index in [0.29, 0.717) is 6.61 Å². The van der Waals surface area contributed by atoms with E-state index < -0.39 is 5.92 Å². The number of carbonyl (C=O) groups excluding carboxylic acids is 2. The van der Waals surface area contributed by atoms with Crippen LogP contribution in [0.2, 0.25) is 0 Å². The Balaban J connectivity index is 2.00. The molecule has 4 heteroatoms. The highest BCUT2D eigenvalue weighted by Gasteiger charge is 2.31. The summed E-state index contributed by atoms with van der Waals surface area (Å²) in [6.07, 6.45) is 0.764. The smallest absolute Gasteiger partial charge is 0.314 e. The third-order valence-corrected chi connectivity index (χ3v) is 4.51. The predicted octanol–water partition coefficient (Wildman–Crippen LogP) is 3.86. The Hall–Kier alpha value is -2.62. The van der Waals surface area contributed by atoms with Gasteiger partial charge >= 0.3 is 11.9 Å². The third kappa shape index (κ3) is 3.43. The van der Waals surface area contributed by atoms with Gasteiger partial charge in [0.25, 0.3) is 0 Å². The van der Waals surface area contributed by atoms with Gasteiger partial charge in [-0.05, 0) is 48.1 Å². The fraction of sp³-hybridized carbons (Fsp3) is 0.333. The molecule has 0 aromatic heterocycles. The number of ether oxygens (including phenoxy) is 2. The lowest BCUT2D eigenvalue weighted by Gasteiger charge is -2.18. The summed E-state index contributed by atoms with van der Waals surface area (Å²) in [4.78, 5) is 24.6. The number of carbonyl (C=O) groups is 2. The number of hydrogen-bond acceptors (Lipinski definition) is 4. The van der Waals surface area contributed by atoms with Gasteiger partial charge in [0.05, 0.1) is 25.6 Å². The second-order valence-electron chi connectivity index (χ2n) is 6.02. The largest absolute Gasteiger partial charge is 0.466 e. The molecule has 1 aliphatic rings. The Morgan fingerprint density at radius 3 is 2.44 bits per heavy atom. The number of fused-ring (bicyclic) bond motifs is 3. The molecule has 0 bridgehead atoms. The van der Waals surface area contributed by atoms with Crippen molar-refractivity contribution in [1.29, 1.82) is 0 Å². The highest BCUT2D eigenvalue weighted by atomic mass is 16.5. The summed E-state index contributed by atoms with van der Waals surface area (Å²) < 4.78 is 10.3. The van der Waals surface area contributed by atoms with Crippen molar-refractivity contribution in [3.05, 3.63) is 59.2 Å². The summed E-state index contributed by atoms with van der Waals surface area (Å²) in [6, 6.07) is 14.2. The van der Waals surface area contributed by atoms with Gasteiger partial charge in [0, 0.05) is 0 Å². The zero-order valence-corrected chi connectivity index (χ0v) is 14.6. The van der Waals surface area contributed by atoms with Crippen LogP contribution >= 0.6 is 0 Å². The van der Waals surface area contributed by atoms with Gasteiger partial charge < -0.3 is 9.47 Å². The van der Waals surface area contributed by atoms with Crippen LogP contribution in [0, 0.1) is 0 Å². The minimum Gasteiger partial charge on any atom is -0.466 e. The van der Waals surface area contributed by atoms with E-state index in [1.54, 1.807) is 13.8 Å². The molecule has 130 valence electrons. The molecule has 0 saturated carbocycles. The normalized spacial score (nSPS) is 12.9. The lowest BCUT2D eigenvalue weighted by atomic mass is 9.89. The van der Waals surface area contributed by atoms with Crippen LogP contribution in [-0.2, 0) is 25.5 Å². The number of rotatable bonds is 6. The fourth-order valence-electron chi connectivity index (χ4n) is 3.46. The first-order valence-electron chi connectivity index (χ1n) is 8.68. The molecule has 0 fully saturated rings. The highest BCUT2D eigenvalue weighted by Crippen LogP contribution is 2.41. The van der Waals surface area contributed by atoms with Crippen molar-refractivity contribution in [2.75, 3.05) is 13.2 Å². The Bertz CT molecular complexity index is 794. The topological polar surface area (TPSA) is 52.6 Å². The molecule has 0 spiro atoms. The number of esters is 2. The summed E-state index contributed by atoms with van der Waals surface area (Å²) in [5, 5.41) is 0. The van der Waals surface area contributed by atoms with Gasteiger partial charge in [-0.2, -0.15) is 0 Å². The highest BCUT2D eigenvalue weighted by molar-refractivity contribution is 5.87. The second-order valence-corrected chi connectivity index (χ2v) is 6.02. The zero-order valence-electron chi connectivity index (χ0n) is 14.6. The van der Waals surface area contributed by atoms with Crippen LogP contribution in [-0.4, -0.2) is 25.2 Å². The summed E-state index contributed by atoms with van der Waals surface area (Å²) in [7, 11) is 0. The molecule has 0 aliphatic heterocycles. The molecule has 0 N–H and O–H groups in total. The molecule has 3 rings (SSSR count). The van der Waals surface area contributed by atoms with E-state index in [4.69, 9.17) is 9.47 Å². The molecular formula is C21H22O4. The molecule has 1 atom stereocenters. The van der Waals surface area contributed by atoms with Crippen molar-refractivity contribution in [3.8, 4) is 11.1 Å². The minimum atomic E-state index is -0.636. The second kappa shape index (κ2) is 7.51. The monoisotopic (exact) mass is 338 g/mol. The molecule has 4 nitrogen and oxygen atoms in total. The standard InChI is InChI=1S/C21H22O4/c1-3-24-20(22)13-19(21(23)25-4-2)17-11-7-10-16-15-9-6-5-8-14(15)12-18(16)17/h5-11,19H,3-4,12-13H2,1-2H3. The van der Waals surface area contributed by atoms with E-state index in [-0.39, 0.29) is 25.0 Å². The van der Waals surface area contributed by atoms with Crippen molar-refractivity contribution in [2.24, 2.45) is 0 Å². The SMILES string of the molecule is CCOC(=O)CC(C(=O)OCC)c1cccc2c1Cc1ccccc1-2. The molecule has 0 amide bonds. The summed E-state index contributed by atoms with van der Waals surface area (Å²) in [5.41, 5.74) is 5.53. The molecular weight excluding hydrogens is 316 g/mol. The van der Waals surface area contributed by atoms with Crippen LogP contribution in [0.1, 0.15) is 42.9 Å². The maximum atomic E-state index is 12.5. The molecule has 0 heterocycles. The maximum Gasteiger partial charge on any atom is 0.314 e. The molecule has 25 heavy (non-hydrogen) atoms. The average molecular weight is 338 g/mol. The Morgan fingerprint density at radius 1 is 0.960 bits per heavy atom. The van der Waals surface area contributed by atoms with E-state index in [2.05, 4.69) is 18.2 Å². The van der Waals surface area contributed by atoms with Gasteiger partial charge in [0.15, 0.2) is 0 Å². The minimum absolute atomic E-state index is 0.000524. The molecule has 2 aromatic carbocycles. The van der Waals surface area contributed by atoms with E-state index in [0.717, 1.165) is 23.1 Å². The van der Waals surface area contributed by atoms with E-state index in [9.17, 15) is 9.59 Å². The third-order valence-electron chi connectivity index (χ3n) is 4.51. The van der Waals surface area contributed by atoms with Crippen LogP contribution in [0.15, 0.2) is 42.5 Å². The Labute approximate surface area is 147 Å². The summed E-state index contributed by atoms with van der Waals surface area (Å²) >= 11 is 0. The van der Waals surface area contributed by atoms with Crippen molar-refractivity contribution in [2.45, 2.75) is 32.6 Å². The van der Waals surface area contributed by atoms with Gasteiger partial charge in [-0.15, -0.1) is 0 Å². The summed E-state index contributed by atoms with van der Waals surface area (Å²) in [6.45, 7) is 4.11. The van der Waals surface area contributed by atoms with Crippen LogP contribution in [0.4, 0.5) is 0 Å². The van der Waals surface area contributed by atoms with Crippen LogP contribution in [0.3, 0.4) is 0 Å². The van der Waals surface area contributed by atoms with E-state index >= 15 is 0 Å². The van der Waals surface area contributed by atoms with Crippen molar-refractivity contribution >= 4 is 11.9 Å². The zero-order chi connectivity index (χ0) is 17.8. The van der Waals surface area contributed by atoms with E-state index in [1.165, 1.54) is 11.1 Å².